The Morgan fingerprint density at radius 1 is 1.56 bits per heavy atom. The summed E-state index contributed by atoms with van der Waals surface area (Å²) in [7, 11) is 3.95. The van der Waals surface area contributed by atoms with Gasteiger partial charge in [0.2, 0.25) is 0 Å². The summed E-state index contributed by atoms with van der Waals surface area (Å²) in [5, 5.41) is 0. The molecule has 0 saturated heterocycles. The van der Waals surface area contributed by atoms with E-state index in [-0.39, 0.29) is 0 Å². The third-order valence-corrected chi connectivity index (χ3v) is 2.69. The molecule has 1 aliphatic rings. The molecular weight excluding hydrogens is 232 g/mol. The molecule has 0 aromatic heterocycles. The summed E-state index contributed by atoms with van der Waals surface area (Å²) >= 11 is 0. The number of hydrogen-bond acceptors (Lipinski definition) is 4. The highest BCUT2D eigenvalue weighted by molar-refractivity contribution is 5.79. The Balaban J connectivity index is 2.30. The number of primary amides is 1. The van der Waals surface area contributed by atoms with E-state index in [1.807, 2.05) is 25.1 Å². The highest BCUT2D eigenvalue weighted by Gasteiger charge is 2.24. The van der Waals surface area contributed by atoms with Crippen LogP contribution in [0.1, 0.15) is 12.0 Å². The lowest BCUT2D eigenvalue weighted by molar-refractivity contribution is -0.124. The maximum absolute atomic E-state index is 11.2. The first-order valence-corrected chi connectivity index (χ1v) is 5.84. The van der Waals surface area contributed by atoms with Gasteiger partial charge in [0.25, 0.3) is 5.91 Å². The summed E-state index contributed by atoms with van der Waals surface area (Å²) in [6, 6.07) is 6.54. The van der Waals surface area contributed by atoms with Gasteiger partial charge in [-0.3, -0.25) is 4.79 Å². The molecule has 0 spiro atoms. The highest BCUT2D eigenvalue weighted by atomic mass is 16.5. The number of benzene rings is 1. The molecule has 2 rings (SSSR count). The Labute approximate surface area is 106 Å². The zero-order chi connectivity index (χ0) is 13.1. The number of nitrogens with zero attached hydrogens (tertiary/aromatic N) is 1. The van der Waals surface area contributed by atoms with Crippen molar-refractivity contribution in [2.24, 2.45) is 5.73 Å². The van der Waals surface area contributed by atoms with E-state index in [4.69, 9.17) is 15.2 Å². The molecule has 0 bridgehead atoms. The van der Waals surface area contributed by atoms with Crippen LogP contribution in [0.15, 0.2) is 12.1 Å². The fraction of sp³-hybridized carbons (Fsp3) is 0.462. The van der Waals surface area contributed by atoms with Gasteiger partial charge in [-0.2, -0.15) is 0 Å². The summed E-state index contributed by atoms with van der Waals surface area (Å²) < 4.78 is 11.3. The third kappa shape index (κ3) is 2.73. The zero-order valence-corrected chi connectivity index (χ0v) is 10.6. The Morgan fingerprint density at radius 3 is 3.00 bits per heavy atom. The number of nitrogens with two attached hydrogens (primary N) is 1. The normalized spacial score (nSPS) is 18.5. The van der Waals surface area contributed by atoms with Crippen molar-refractivity contribution in [3.63, 3.8) is 0 Å². The number of ether oxygens (including phenoxy) is 2. The molecule has 1 aliphatic heterocycles. The molecule has 1 aromatic rings. The quantitative estimate of drug-likeness (QED) is 0.850. The van der Waals surface area contributed by atoms with E-state index in [2.05, 4.69) is 6.07 Å². The topological polar surface area (TPSA) is 64.8 Å². The maximum atomic E-state index is 11.2. The van der Waals surface area contributed by atoms with Crippen LogP contribution in [-0.4, -0.2) is 37.6 Å². The van der Waals surface area contributed by atoms with Crippen LogP contribution in [0.4, 0.5) is 0 Å². The van der Waals surface area contributed by atoms with Crippen molar-refractivity contribution in [1.82, 2.24) is 4.90 Å². The first kappa shape index (κ1) is 12.7. The first-order valence-electron chi connectivity index (χ1n) is 5.84. The van der Waals surface area contributed by atoms with Gasteiger partial charge in [0.15, 0.2) is 17.6 Å². The minimum absolute atomic E-state index is 0.422. The van der Waals surface area contributed by atoms with E-state index in [9.17, 15) is 4.79 Å². The predicted molar refractivity (Wildman–Crippen MR) is 66.4 cm³/mol. The fourth-order valence-corrected chi connectivity index (χ4v) is 1.90. The second kappa shape index (κ2) is 5.27. The van der Waals surface area contributed by atoms with Gasteiger partial charge >= 0.3 is 0 Å². The maximum Gasteiger partial charge on any atom is 0.258 e. The van der Waals surface area contributed by atoms with Crippen LogP contribution in [0.25, 0.3) is 0 Å². The third-order valence-electron chi connectivity index (χ3n) is 2.69. The highest BCUT2D eigenvalue weighted by Crippen LogP contribution is 2.34. The smallest absolute Gasteiger partial charge is 0.258 e. The zero-order valence-electron chi connectivity index (χ0n) is 10.6. The van der Waals surface area contributed by atoms with E-state index in [1.54, 1.807) is 6.07 Å². The van der Waals surface area contributed by atoms with Crippen molar-refractivity contribution in [2.45, 2.75) is 19.1 Å². The number of carbonyl (C=O) groups is 1. The van der Waals surface area contributed by atoms with Gasteiger partial charge in [-0.1, -0.05) is 0 Å². The van der Waals surface area contributed by atoms with Crippen molar-refractivity contribution < 1.29 is 14.3 Å². The molecule has 97 valence electrons. The van der Waals surface area contributed by atoms with Crippen molar-refractivity contribution in [3.8, 4) is 11.5 Å². The largest absolute Gasteiger partial charge is 0.489 e. The summed E-state index contributed by atoms with van der Waals surface area (Å²) in [6.07, 6.45) is -0.167. The van der Waals surface area contributed by atoms with Crippen molar-refractivity contribution in [3.05, 3.63) is 23.8 Å². The second-order valence-corrected chi connectivity index (χ2v) is 4.56. The Bertz CT molecular complexity index is 446. The minimum Gasteiger partial charge on any atom is -0.489 e. The summed E-state index contributed by atoms with van der Waals surface area (Å²) in [5.74, 6) is 0.756. The van der Waals surface area contributed by atoms with Crippen LogP contribution in [0, 0.1) is 6.07 Å². The van der Waals surface area contributed by atoms with Crippen LogP contribution in [0.5, 0.6) is 11.5 Å². The molecule has 18 heavy (non-hydrogen) atoms. The molecule has 1 heterocycles. The predicted octanol–water partition coefficient (Wildman–Crippen LogP) is 0.564. The number of carbonyl (C=O) groups excluding carboxylic acids is 1. The van der Waals surface area contributed by atoms with Crippen molar-refractivity contribution >= 4 is 5.91 Å². The number of amides is 1. The van der Waals surface area contributed by atoms with Crippen LogP contribution in [0.3, 0.4) is 0 Å². The molecule has 5 nitrogen and oxygen atoms in total. The van der Waals surface area contributed by atoms with Crippen LogP contribution >= 0.6 is 0 Å². The van der Waals surface area contributed by atoms with Gasteiger partial charge in [-0.05, 0) is 32.3 Å². The standard InChI is InChI=1S/C13H17N2O3/c1-15(2)8-9-4-3-5-10-12(9)17-7-6-11(18-10)13(14)16/h4-5,11H,6-8H2,1-2H3,(H2,14,16). The Kier molecular flexibility index (Phi) is 3.72. The van der Waals surface area contributed by atoms with Gasteiger partial charge < -0.3 is 20.1 Å². The lowest BCUT2D eigenvalue weighted by Gasteiger charge is -2.16. The molecule has 1 unspecified atom stereocenters. The van der Waals surface area contributed by atoms with E-state index in [1.165, 1.54) is 0 Å². The molecule has 2 N–H and O–H groups in total. The number of rotatable bonds is 3. The molecule has 0 saturated carbocycles. The van der Waals surface area contributed by atoms with E-state index in [0.29, 0.717) is 24.5 Å². The monoisotopic (exact) mass is 249 g/mol. The van der Waals surface area contributed by atoms with E-state index in [0.717, 1.165) is 12.1 Å². The SMILES string of the molecule is CN(C)Cc1c[c]cc2c1OCCC(C(N)=O)O2. The van der Waals surface area contributed by atoms with Crippen LogP contribution in [-0.2, 0) is 11.3 Å². The molecule has 5 heteroatoms. The number of hydrogen-bond donors (Lipinski definition) is 1. The molecule has 1 aromatic carbocycles. The van der Waals surface area contributed by atoms with E-state index >= 15 is 0 Å². The van der Waals surface area contributed by atoms with Crippen molar-refractivity contribution in [2.75, 3.05) is 20.7 Å². The fourth-order valence-electron chi connectivity index (χ4n) is 1.90. The number of fused-ring (bicyclic) bond motifs is 1. The molecule has 1 radical (unpaired) electrons. The van der Waals surface area contributed by atoms with Crippen molar-refractivity contribution in [1.29, 1.82) is 0 Å². The lowest BCUT2D eigenvalue weighted by atomic mass is 10.1. The van der Waals surface area contributed by atoms with Gasteiger partial charge in [0, 0.05) is 18.5 Å². The van der Waals surface area contributed by atoms with E-state index < -0.39 is 12.0 Å². The average molecular weight is 249 g/mol. The first-order chi connectivity index (χ1) is 8.58. The second-order valence-electron chi connectivity index (χ2n) is 4.56. The lowest BCUT2D eigenvalue weighted by Crippen LogP contribution is -2.33. The van der Waals surface area contributed by atoms with Gasteiger partial charge in [0.1, 0.15) is 0 Å². The van der Waals surface area contributed by atoms with Crippen LogP contribution < -0.4 is 15.2 Å². The average Bonchev–Trinajstić information content (AvgIpc) is 2.51. The Morgan fingerprint density at radius 2 is 2.33 bits per heavy atom. The van der Waals surface area contributed by atoms with Gasteiger partial charge in [-0.15, -0.1) is 0 Å². The minimum atomic E-state index is -0.630. The summed E-state index contributed by atoms with van der Waals surface area (Å²) in [4.78, 5) is 13.2. The molecule has 1 amide bonds. The molecular formula is C13H17N2O3. The Hall–Kier alpha value is -1.75. The van der Waals surface area contributed by atoms with Gasteiger partial charge in [-0.25, -0.2) is 0 Å². The summed E-state index contributed by atoms with van der Waals surface area (Å²) in [6.45, 7) is 1.15. The molecule has 0 aliphatic carbocycles. The molecule has 1 atom stereocenters. The molecule has 0 fully saturated rings. The van der Waals surface area contributed by atoms with Gasteiger partial charge in [0.05, 0.1) is 6.61 Å². The van der Waals surface area contributed by atoms with Crippen LogP contribution in [0.2, 0.25) is 0 Å². The summed E-state index contributed by atoms with van der Waals surface area (Å²) in [5.41, 5.74) is 6.26.